The van der Waals surface area contributed by atoms with Crippen LogP contribution in [-0.2, 0) is 0 Å². The van der Waals surface area contributed by atoms with E-state index in [0.717, 1.165) is 0 Å². The number of nitrogens with zero attached hydrogens (tertiary/aromatic N) is 4. The second-order valence-corrected chi connectivity index (χ2v) is 2.17. The molecule has 0 saturated heterocycles. The van der Waals surface area contributed by atoms with Crippen LogP contribution in [0, 0.1) is 0 Å². The predicted octanol–water partition coefficient (Wildman–Crippen LogP) is -1.54. The third-order valence-corrected chi connectivity index (χ3v) is 1.22. The van der Waals surface area contributed by atoms with Gasteiger partial charge in [0.1, 0.15) is 6.33 Å². The van der Waals surface area contributed by atoms with E-state index >= 15 is 0 Å². The first-order chi connectivity index (χ1) is 6.80. The molecule has 8 heteroatoms. The summed E-state index contributed by atoms with van der Waals surface area (Å²) in [7, 11) is 0. The van der Waals surface area contributed by atoms with Gasteiger partial charge in [0.2, 0.25) is 5.91 Å². The molecule has 78 valence electrons. The zero-order chi connectivity index (χ0) is 10.2. The van der Waals surface area contributed by atoms with Crippen molar-refractivity contribution in [3.8, 4) is 0 Å². The first-order valence-electron chi connectivity index (χ1n) is 3.67. The number of amides is 1. The number of rotatable bonds is 1. The SMILES string of the molecule is NC(=O)c1cccnc1.[PbH2].c1nnn[nH]1. The van der Waals surface area contributed by atoms with Crippen molar-refractivity contribution in [3.63, 3.8) is 0 Å². The summed E-state index contributed by atoms with van der Waals surface area (Å²) in [6, 6.07) is 3.29. The summed E-state index contributed by atoms with van der Waals surface area (Å²) in [5, 5.41) is 12.1. The molecule has 0 aliphatic carbocycles. The van der Waals surface area contributed by atoms with Crippen LogP contribution in [0.5, 0.6) is 0 Å². The predicted molar refractivity (Wildman–Crippen MR) is 55.5 cm³/mol. The molecule has 0 bridgehead atoms. The molecular formula is C7H10N6OPb. The molecule has 2 aromatic rings. The Morgan fingerprint density at radius 3 is 2.53 bits per heavy atom. The topological polar surface area (TPSA) is 110 Å². The first kappa shape index (κ1) is 13.6. The maximum Gasteiger partial charge on any atom is 0.135 e. The van der Waals surface area contributed by atoms with Gasteiger partial charge in [-0.2, -0.15) is 0 Å². The summed E-state index contributed by atoms with van der Waals surface area (Å²) < 4.78 is 0. The maximum atomic E-state index is 10.4. The minimum absolute atomic E-state index is 0. The molecule has 2 heterocycles. The molecule has 0 aliphatic rings. The fourth-order valence-electron chi connectivity index (χ4n) is 0.638. The van der Waals surface area contributed by atoms with Crippen LogP contribution in [0.4, 0.5) is 0 Å². The Morgan fingerprint density at radius 2 is 2.27 bits per heavy atom. The van der Waals surface area contributed by atoms with Crippen molar-refractivity contribution in [2.75, 3.05) is 0 Å². The van der Waals surface area contributed by atoms with Gasteiger partial charge in [-0.15, -0.1) is 5.10 Å². The number of nitrogens with one attached hydrogen (secondary N) is 1. The van der Waals surface area contributed by atoms with E-state index in [-0.39, 0.29) is 27.3 Å². The van der Waals surface area contributed by atoms with E-state index in [1.54, 1.807) is 18.3 Å². The van der Waals surface area contributed by atoms with Gasteiger partial charge in [0.25, 0.3) is 0 Å². The number of aromatic nitrogens is 5. The number of H-pyrrole nitrogens is 1. The van der Waals surface area contributed by atoms with Crippen molar-refractivity contribution in [3.05, 3.63) is 36.4 Å². The van der Waals surface area contributed by atoms with Gasteiger partial charge < -0.3 is 5.73 Å². The van der Waals surface area contributed by atoms with E-state index in [9.17, 15) is 4.79 Å². The summed E-state index contributed by atoms with van der Waals surface area (Å²) >= 11 is 0. The largest absolute Gasteiger partial charge is 0.246 e. The maximum absolute atomic E-state index is 10.4. The van der Waals surface area contributed by atoms with Crippen molar-refractivity contribution < 1.29 is 4.79 Å². The van der Waals surface area contributed by atoms with Crippen LogP contribution in [0.1, 0.15) is 10.4 Å². The quantitative estimate of drug-likeness (QED) is 0.563. The van der Waals surface area contributed by atoms with Crippen LogP contribution >= 0.6 is 0 Å². The minimum Gasteiger partial charge on any atom is -0.246 e. The molecule has 1 amide bonds. The zero-order valence-electron chi connectivity index (χ0n) is 7.87. The number of carbonyl (C=O) groups is 1. The van der Waals surface area contributed by atoms with Crippen LogP contribution in [0.2, 0.25) is 0 Å². The van der Waals surface area contributed by atoms with E-state index in [1.165, 1.54) is 12.5 Å². The minimum atomic E-state index is -0.442. The van der Waals surface area contributed by atoms with Crippen LogP contribution < -0.4 is 5.73 Å². The van der Waals surface area contributed by atoms with Crippen LogP contribution in [0.15, 0.2) is 30.9 Å². The molecule has 2 radical (unpaired) electrons. The number of nitrogens with two attached hydrogens (primary N) is 1. The Hall–Kier alpha value is -1.39. The number of primary amides is 1. The molecular weight excluding hydrogens is 391 g/mol. The summed E-state index contributed by atoms with van der Waals surface area (Å²) in [5.41, 5.74) is 5.38. The number of pyridine rings is 1. The van der Waals surface area contributed by atoms with E-state index in [4.69, 9.17) is 5.73 Å². The summed E-state index contributed by atoms with van der Waals surface area (Å²) in [4.78, 5) is 14.1. The molecule has 0 atom stereocenters. The number of carbonyl (C=O) groups excluding carboxylic acids is 1. The fraction of sp³-hybridized carbons (Fsp3) is 0. The molecule has 0 unspecified atom stereocenters. The van der Waals surface area contributed by atoms with E-state index in [1.807, 2.05) is 0 Å². The van der Waals surface area contributed by atoms with Crippen LogP contribution in [0.3, 0.4) is 0 Å². The van der Waals surface area contributed by atoms with E-state index < -0.39 is 5.91 Å². The Morgan fingerprint density at radius 1 is 1.47 bits per heavy atom. The molecule has 2 aromatic heterocycles. The Bertz CT molecular complexity index is 347. The van der Waals surface area contributed by atoms with Crippen LogP contribution in [-0.4, -0.2) is 58.8 Å². The number of hydrogen-bond acceptors (Lipinski definition) is 5. The Balaban J connectivity index is 0.000000280. The molecule has 0 aromatic carbocycles. The van der Waals surface area contributed by atoms with Crippen molar-refractivity contribution in [1.29, 1.82) is 0 Å². The Kier molecular flexibility index (Phi) is 7.23. The van der Waals surface area contributed by atoms with Gasteiger partial charge in [0.05, 0.1) is 5.56 Å². The van der Waals surface area contributed by atoms with E-state index in [0.29, 0.717) is 5.56 Å². The van der Waals surface area contributed by atoms with Crippen molar-refractivity contribution in [2.45, 2.75) is 0 Å². The van der Waals surface area contributed by atoms with Crippen molar-refractivity contribution in [2.24, 2.45) is 5.73 Å². The second-order valence-electron chi connectivity index (χ2n) is 2.17. The first-order valence-corrected chi connectivity index (χ1v) is 3.67. The van der Waals surface area contributed by atoms with Gasteiger partial charge in [-0.3, -0.25) is 9.78 Å². The molecule has 15 heavy (non-hydrogen) atoms. The molecule has 7 nitrogen and oxygen atoms in total. The average Bonchev–Trinajstić information content (AvgIpc) is 2.77. The summed E-state index contributed by atoms with van der Waals surface area (Å²) in [6.45, 7) is 0. The second kappa shape index (κ2) is 7.96. The fourth-order valence-corrected chi connectivity index (χ4v) is 0.638. The van der Waals surface area contributed by atoms with Gasteiger partial charge in [0, 0.05) is 12.4 Å². The molecule has 0 spiro atoms. The number of aromatic amines is 1. The third kappa shape index (κ3) is 5.83. The standard InChI is InChI=1S/C6H6N2O.CH2N4.Pb.2H/c7-6(9)5-2-1-3-8-4-5;1-2-4-5-3-1;;;/h1-4H,(H2,7,9);1H,(H,2,3,4,5);;;. The van der Waals surface area contributed by atoms with Crippen LogP contribution in [0.25, 0.3) is 0 Å². The van der Waals surface area contributed by atoms with Crippen molar-refractivity contribution in [1.82, 2.24) is 25.6 Å². The van der Waals surface area contributed by atoms with E-state index in [2.05, 4.69) is 25.6 Å². The molecule has 0 saturated carbocycles. The Labute approximate surface area is 106 Å². The molecule has 2 rings (SSSR count). The monoisotopic (exact) mass is 402 g/mol. The summed E-state index contributed by atoms with van der Waals surface area (Å²) in [6.07, 6.45) is 4.43. The number of hydrogen-bond donors (Lipinski definition) is 2. The average molecular weight is 401 g/mol. The normalized spacial score (nSPS) is 8.00. The van der Waals surface area contributed by atoms with Gasteiger partial charge in [-0.05, 0) is 22.6 Å². The smallest absolute Gasteiger partial charge is 0.135 e. The summed E-state index contributed by atoms with van der Waals surface area (Å²) in [5.74, 6) is -0.442. The zero-order valence-corrected chi connectivity index (χ0v) is 13.4. The van der Waals surface area contributed by atoms with Gasteiger partial charge >= 0.3 is 27.3 Å². The number of tetrazole rings is 1. The molecule has 3 N–H and O–H groups in total. The van der Waals surface area contributed by atoms with Gasteiger partial charge in [-0.1, -0.05) is 0 Å². The molecule has 0 aliphatic heterocycles. The third-order valence-electron chi connectivity index (χ3n) is 1.22. The van der Waals surface area contributed by atoms with Gasteiger partial charge in [-0.25, -0.2) is 5.10 Å². The molecule has 0 fully saturated rings. The van der Waals surface area contributed by atoms with Crippen molar-refractivity contribution >= 4 is 33.2 Å². The van der Waals surface area contributed by atoms with Gasteiger partial charge in [0.15, 0.2) is 0 Å².